The Labute approximate surface area is 148 Å². The zero-order valence-corrected chi connectivity index (χ0v) is 15.5. The molecule has 128 valence electrons. The highest BCUT2D eigenvalue weighted by atomic mass is 32.2. The van der Waals surface area contributed by atoms with Gasteiger partial charge in [0.1, 0.15) is 4.21 Å². The van der Waals surface area contributed by atoms with Gasteiger partial charge in [-0.1, -0.05) is 24.3 Å². The van der Waals surface area contributed by atoms with Gasteiger partial charge in [0.25, 0.3) is 0 Å². The predicted molar refractivity (Wildman–Crippen MR) is 98.1 cm³/mol. The van der Waals surface area contributed by atoms with Crippen molar-refractivity contribution < 1.29 is 8.42 Å². The molecule has 0 spiro atoms. The van der Waals surface area contributed by atoms with E-state index in [1.54, 1.807) is 6.07 Å². The minimum Gasteiger partial charge on any atom is -0.309 e. The summed E-state index contributed by atoms with van der Waals surface area (Å²) >= 11 is 1.39. The van der Waals surface area contributed by atoms with Crippen LogP contribution in [-0.4, -0.2) is 20.7 Å². The number of benzene rings is 1. The maximum atomic E-state index is 11.6. The summed E-state index contributed by atoms with van der Waals surface area (Å²) in [5.74, 6) is 1.40. The Balaban J connectivity index is 1.47. The molecular weight excluding hydrogens is 338 g/mol. The van der Waals surface area contributed by atoms with Crippen molar-refractivity contribution in [1.29, 1.82) is 0 Å². The Morgan fingerprint density at radius 1 is 1.04 bits per heavy atom. The molecule has 0 saturated heterocycles. The second kappa shape index (κ2) is 6.28. The highest BCUT2D eigenvalue weighted by Crippen LogP contribution is 2.40. The van der Waals surface area contributed by atoms with Gasteiger partial charge in [0.15, 0.2) is 9.84 Å². The second-order valence-corrected chi connectivity index (χ2v) is 10.6. The van der Waals surface area contributed by atoms with Gasteiger partial charge in [-0.3, -0.25) is 0 Å². The van der Waals surface area contributed by atoms with Crippen LogP contribution in [0.1, 0.15) is 28.8 Å². The Morgan fingerprint density at radius 3 is 2.21 bits per heavy atom. The summed E-state index contributed by atoms with van der Waals surface area (Å²) in [5.41, 5.74) is 3.04. The van der Waals surface area contributed by atoms with Crippen molar-refractivity contribution >= 4 is 21.2 Å². The molecule has 1 aromatic heterocycles. The van der Waals surface area contributed by atoms with Crippen LogP contribution in [0.15, 0.2) is 40.6 Å². The molecule has 1 N–H and O–H groups in total. The number of nitrogens with one attached hydrogen (secondary N) is 1. The van der Waals surface area contributed by atoms with Crippen molar-refractivity contribution in [1.82, 2.24) is 5.32 Å². The summed E-state index contributed by atoms with van der Waals surface area (Å²) in [7, 11) is -3.09. The lowest BCUT2D eigenvalue weighted by atomic mass is 9.94. The van der Waals surface area contributed by atoms with Gasteiger partial charge >= 0.3 is 0 Å². The zero-order valence-electron chi connectivity index (χ0n) is 13.9. The lowest BCUT2D eigenvalue weighted by Crippen LogP contribution is -2.37. The van der Waals surface area contributed by atoms with Gasteiger partial charge in [-0.25, -0.2) is 8.42 Å². The molecule has 2 bridgehead atoms. The van der Waals surface area contributed by atoms with Gasteiger partial charge in [-0.15, -0.1) is 11.3 Å². The van der Waals surface area contributed by atoms with E-state index in [-0.39, 0.29) is 0 Å². The lowest BCUT2D eigenvalue weighted by Gasteiger charge is -2.23. The summed E-state index contributed by atoms with van der Waals surface area (Å²) in [6.45, 7) is 0.772. The molecule has 24 heavy (non-hydrogen) atoms. The quantitative estimate of drug-likeness (QED) is 0.907. The minimum atomic E-state index is -3.09. The van der Waals surface area contributed by atoms with E-state index >= 15 is 0 Å². The highest BCUT2D eigenvalue weighted by molar-refractivity contribution is 7.92. The highest BCUT2D eigenvalue weighted by Gasteiger charge is 2.38. The van der Waals surface area contributed by atoms with Gasteiger partial charge < -0.3 is 5.32 Å². The summed E-state index contributed by atoms with van der Waals surface area (Å²) in [4.78, 5) is 1.11. The zero-order chi connectivity index (χ0) is 16.7. The average molecular weight is 362 g/mol. The van der Waals surface area contributed by atoms with Crippen LogP contribution < -0.4 is 5.32 Å². The van der Waals surface area contributed by atoms with Gasteiger partial charge in [-0.2, -0.15) is 0 Å². The van der Waals surface area contributed by atoms with E-state index in [9.17, 15) is 8.42 Å². The normalized spacial score (nSPS) is 26.1. The van der Waals surface area contributed by atoms with Crippen molar-refractivity contribution in [3.63, 3.8) is 0 Å². The van der Waals surface area contributed by atoms with Gasteiger partial charge in [0.05, 0.1) is 0 Å². The molecule has 2 unspecified atom stereocenters. The van der Waals surface area contributed by atoms with E-state index in [2.05, 4.69) is 29.6 Å². The van der Waals surface area contributed by atoms with Crippen molar-refractivity contribution in [2.75, 3.05) is 6.26 Å². The maximum absolute atomic E-state index is 11.6. The number of sulfone groups is 1. The van der Waals surface area contributed by atoms with Crippen molar-refractivity contribution in [3.05, 3.63) is 52.4 Å². The monoisotopic (exact) mass is 361 g/mol. The third-order valence-corrected chi connectivity index (χ3v) is 8.43. The molecule has 3 nitrogen and oxygen atoms in total. The van der Waals surface area contributed by atoms with Crippen LogP contribution in [0.25, 0.3) is 0 Å². The van der Waals surface area contributed by atoms with Crippen LogP contribution in [0.5, 0.6) is 0 Å². The number of rotatable bonds is 4. The third-order valence-electron chi connectivity index (χ3n) is 5.52. The predicted octanol–water partition coefficient (Wildman–Crippen LogP) is 3.43. The molecule has 0 radical (unpaired) electrons. The number of hydrogen-bond acceptors (Lipinski definition) is 4. The average Bonchev–Trinajstić information content (AvgIpc) is 3.09. The summed E-state index contributed by atoms with van der Waals surface area (Å²) in [5, 5.41) is 3.76. The van der Waals surface area contributed by atoms with Crippen LogP contribution in [0, 0.1) is 11.8 Å². The smallest absolute Gasteiger partial charge is 0.184 e. The lowest BCUT2D eigenvalue weighted by molar-refractivity contribution is 0.341. The summed E-state index contributed by atoms with van der Waals surface area (Å²) in [6, 6.07) is 13.1. The molecule has 1 heterocycles. The summed E-state index contributed by atoms with van der Waals surface area (Å²) in [6.07, 6.45) is 6.22. The Kier molecular flexibility index (Phi) is 4.27. The van der Waals surface area contributed by atoms with Crippen LogP contribution in [-0.2, 0) is 29.2 Å². The Hall–Kier alpha value is -1.17. The third kappa shape index (κ3) is 3.17. The first-order chi connectivity index (χ1) is 11.5. The van der Waals surface area contributed by atoms with E-state index in [1.807, 2.05) is 6.07 Å². The maximum Gasteiger partial charge on any atom is 0.184 e. The number of fused-ring (bicyclic) bond motifs is 3. The standard InChI is InChI=1S/C19H23NO2S2/c1-24(21,22)18-9-8-17(23-18)12-20-19-15-6-7-16(19)11-14-5-3-2-4-13(14)10-15/h2-5,8-9,15-16,19-20H,6-7,10-12H2,1H3. The molecule has 1 aromatic carbocycles. The number of thiophene rings is 1. The van der Waals surface area contributed by atoms with E-state index in [4.69, 9.17) is 0 Å². The second-order valence-electron chi connectivity index (χ2n) is 7.17. The Morgan fingerprint density at radius 2 is 1.67 bits per heavy atom. The topological polar surface area (TPSA) is 46.2 Å². The van der Waals surface area contributed by atoms with E-state index in [0.717, 1.165) is 11.4 Å². The fourth-order valence-electron chi connectivity index (χ4n) is 4.36. The number of hydrogen-bond donors (Lipinski definition) is 1. The van der Waals surface area contributed by atoms with Crippen LogP contribution >= 0.6 is 11.3 Å². The molecule has 2 atom stereocenters. The Bertz CT molecular complexity index is 808. The molecule has 0 amide bonds. The minimum absolute atomic E-state index is 0.468. The van der Waals surface area contributed by atoms with Crippen LogP contribution in [0.2, 0.25) is 0 Å². The first-order valence-electron chi connectivity index (χ1n) is 8.59. The molecule has 1 saturated carbocycles. The van der Waals surface area contributed by atoms with Crippen molar-refractivity contribution in [3.8, 4) is 0 Å². The molecule has 4 rings (SSSR count). The fourth-order valence-corrected chi connectivity index (χ4v) is 6.28. The largest absolute Gasteiger partial charge is 0.309 e. The van der Waals surface area contributed by atoms with E-state index < -0.39 is 9.84 Å². The van der Waals surface area contributed by atoms with Crippen LogP contribution in [0.4, 0.5) is 0 Å². The van der Waals surface area contributed by atoms with Gasteiger partial charge in [0, 0.05) is 23.7 Å². The van der Waals surface area contributed by atoms with E-state index in [1.165, 1.54) is 54.4 Å². The van der Waals surface area contributed by atoms with Crippen LogP contribution in [0.3, 0.4) is 0 Å². The fraction of sp³-hybridized carbons (Fsp3) is 0.474. The molecule has 0 aliphatic heterocycles. The molecule has 5 heteroatoms. The van der Waals surface area contributed by atoms with Gasteiger partial charge in [-0.05, 0) is 60.8 Å². The summed E-state index contributed by atoms with van der Waals surface area (Å²) < 4.78 is 23.7. The molecular formula is C19H23NO2S2. The first-order valence-corrected chi connectivity index (χ1v) is 11.3. The van der Waals surface area contributed by atoms with Crippen molar-refractivity contribution in [2.24, 2.45) is 11.8 Å². The first kappa shape index (κ1) is 16.3. The SMILES string of the molecule is CS(=O)(=O)c1ccc(CNC2C3CCC2Cc2ccccc2C3)s1. The van der Waals surface area contributed by atoms with Gasteiger partial charge in [0.2, 0.25) is 0 Å². The van der Waals surface area contributed by atoms with E-state index in [0.29, 0.717) is 22.1 Å². The van der Waals surface area contributed by atoms with Crippen molar-refractivity contribution in [2.45, 2.75) is 42.5 Å². The molecule has 2 aliphatic rings. The molecule has 1 fully saturated rings. The molecule has 2 aromatic rings. The molecule has 2 aliphatic carbocycles.